The van der Waals surface area contributed by atoms with E-state index in [1.807, 2.05) is 36.4 Å². The third-order valence-electron chi connectivity index (χ3n) is 6.83. The predicted molar refractivity (Wildman–Crippen MR) is 149 cm³/mol. The Hall–Kier alpha value is -4.02. The molecule has 4 rings (SSSR count). The van der Waals surface area contributed by atoms with Crippen molar-refractivity contribution in [1.29, 1.82) is 0 Å². The molecule has 38 heavy (non-hydrogen) atoms. The molecule has 1 heterocycles. The molecule has 0 bridgehead atoms. The van der Waals surface area contributed by atoms with E-state index in [0.29, 0.717) is 17.3 Å². The molecule has 0 radical (unpaired) electrons. The summed E-state index contributed by atoms with van der Waals surface area (Å²) in [6, 6.07) is 20.7. The molecule has 0 saturated carbocycles. The molecule has 7 heteroatoms. The molecule has 1 N–H and O–H groups in total. The first-order valence-electron chi connectivity index (χ1n) is 12.3. The van der Waals surface area contributed by atoms with Gasteiger partial charge in [0.2, 0.25) is 0 Å². The van der Waals surface area contributed by atoms with Gasteiger partial charge in [0.25, 0.3) is 0 Å². The van der Waals surface area contributed by atoms with Gasteiger partial charge in [-0.1, -0.05) is 42.3 Å². The zero-order chi connectivity index (χ0) is 27.4. The molecule has 2 atom stereocenters. The number of rotatable bonds is 9. The van der Waals surface area contributed by atoms with Gasteiger partial charge in [0, 0.05) is 12.5 Å². The van der Waals surface area contributed by atoms with E-state index in [4.69, 9.17) is 9.84 Å². The molecular formula is C31H31NO5S. The fourth-order valence-electron chi connectivity index (χ4n) is 4.67. The Morgan fingerprint density at radius 3 is 2.26 bits per heavy atom. The van der Waals surface area contributed by atoms with Gasteiger partial charge in [0.1, 0.15) is 12.4 Å². The van der Waals surface area contributed by atoms with Crippen LogP contribution >= 0.6 is 0 Å². The number of carbonyl (C=O) groups is 1. The van der Waals surface area contributed by atoms with Crippen molar-refractivity contribution in [1.82, 2.24) is 4.57 Å². The predicted octanol–water partition coefficient (Wildman–Crippen LogP) is 6.12. The second-order valence-corrected chi connectivity index (χ2v) is 11.4. The molecule has 4 aromatic rings. The van der Waals surface area contributed by atoms with E-state index in [2.05, 4.69) is 54.7 Å². The maximum Gasteiger partial charge on any atom is 0.304 e. The summed E-state index contributed by atoms with van der Waals surface area (Å²) in [7, 11) is -3.24. The molecule has 1 unspecified atom stereocenters. The summed E-state index contributed by atoms with van der Waals surface area (Å²) >= 11 is 0. The summed E-state index contributed by atoms with van der Waals surface area (Å²) in [5, 5.41) is 10.3. The van der Waals surface area contributed by atoms with Crippen molar-refractivity contribution in [3.05, 3.63) is 95.2 Å². The monoisotopic (exact) mass is 529 g/mol. The fraction of sp³-hybridized carbons (Fsp3) is 0.258. The van der Waals surface area contributed by atoms with E-state index in [9.17, 15) is 13.2 Å². The summed E-state index contributed by atoms with van der Waals surface area (Å²) in [4.78, 5) is 11.5. The Balaban J connectivity index is 1.54. The van der Waals surface area contributed by atoms with E-state index < -0.39 is 15.8 Å². The third-order valence-corrected chi connectivity index (χ3v) is 7.96. The van der Waals surface area contributed by atoms with Crippen molar-refractivity contribution in [3.8, 4) is 17.6 Å². The molecule has 0 spiro atoms. The first-order valence-corrected chi connectivity index (χ1v) is 14.2. The van der Waals surface area contributed by atoms with E-state index >= 15 is 0 Å². The number of hydrogen-bond acceptors (Lipinski definition) is 4. The molecule has 6 nitrogen and oxygen atoms in total. The number of carboxylic acids is 1. The number of benzene rings is 3. The van der Waals surface area contributed by atoms with Crippen molar-refractivity contribution in [2.75, 3.05) is 6.26 Å². The average molecular weight is 530 g/mol. The van der Waals surface area contributed by atoms with Gasteiger partial charge >= 0.3 is 5.97 Å². The van der Waals surface area contributed by atoms with E-state index in [1.165, 1.54) is 6.26 Å². The van der Waals surface area contributed by atoms with Crippen LogP contribution in [0.5, 0.6) is 5.75 Å². The lowest BCUT2D eigenvalue weighted by Gasteiger charge is -2.19. The normalized spacial score (nSPS) is 12.9. The molecule has 3 aromatic carbocycles. The summed E-state index contributed by atoms with van der Waals surface area (Å²) < 4.78 is 32.0. The summed E-state index contributed by atoms with van der Waals surface area (Å²) in [6.07, 6.45) is 3.23. The number of sulfone groups is 1. The zero-order valence-corrected chi connectivity index (χ0v) is 22.7. The summed E-state index contributed by atoms with van der Waals surface area (Å²) in [5.74, 6) is 5.24. The minimum Gasteiger partial charge on any atom is -0.489 e. The smallest absolute Gasteiger partial charge is 0.304 e. The minimum absolute atomic E-state index is 0.00786. The lowest BCUT2D eigenvalue weighted by atomic mass is 9.96. The standard InChI is InChI=1S/C31H31NO5S/c1-5-6-26(19-30(33)34)24-9-13-28(14-10-24)37-20-27-8-7-25-17-18-32(31(25)21(27)2)22(3)23-11-15-29(16-12-23)38(4,35)36/h7-18,22,26H,19-20H2,1-4H3,(H,33,34)/t22?,26-/m0/s1. The number of aliphatic carboxylic acids is 1. The number of ether oxygens (including phenoxy) is 1. The van der Waals surface area contributed by atoms with Crippen molar-refractivity contribution in [2.45, 2.75) is 50.7 Å². The Bertz CT molecular complexity index is 1620. The molecule has 0 aliphatic heterocycles. The van der Waals surface area contributed by atoms with Crippen LogP contribution in [0.3, 0.4) is 0 Å². The van der Waals surface area contributed by atoms with Crippen LogP contribution in [-0.4, -0.2) is 30.3 Å². The minimum atomic E-state index is -3.24. The Morgan fingerprint density at radius 2 is 1.66 bits per heavy atom. The van der Waals surface area contributed by atoms with Crippen molar-refractivity contribution in [3.63, 3.8) is 0 Å². The van der Waals surface area contributed by atoms with Crippen LogP contribution in [0.15, 0.2) is 77.8 Å². The second kappa shape index (κ2) is 11.2. The average Bonchev–Trinajstić information content (AvgIpc) is 3.32. The molecule has 1 aromatic heterocycles. The van der Waals surface area contributed by atoms with Crippen LogP contribution < -0.4 is 4.74 Å². The molecule has 0 aliphatic rings. The first-order chi connectivity index (χ1) is 18.1. The van der Waals surface area contributed by atoms with Crippen LogP contribution in [0, 0.1) is 18.8 Å². The number of nitrogens with zero attached hydrogens (tertiary/aromatic N) is 1. The highest BCUT2D eigenvalue weighted by molar-refractivity contribution is 7.90. The second-order valence-electron chi connectivity index (χ2n) is 9.43. The van der Waals surface area contributed by atoms with Gasteiger partial charge in [-0.25, -0.2) is 8.42 Å². The van der Waals surface area contributed by atoms with Crippen LogP contribution in [0.4, 0.5) is 0 Å². The molecular weight excluding hydrogens is 498 g/mol. The quantitative estimate of drug-likeness (QED) is 0.264. The number of aryl methyl sites for hydroxylation is 1. The topological polar surface area (TPSA) is 85.6 Å². The molecule has 0 fully saturated rings. The van der Waals surface area contributed by atoms with Crippen LogP contribution in [0.2, 0.25) is 0 Å². The van der Waals surface area contributed by atoms with Crippen molar-refractivity contribution >= 4 is 26.7 Å². The van der Waals surface area contributed by atoms with Gasteiger partial charge in [-0.3, -0.25) is 4.79 Å². The van der Waals surface area contributed by atoms with Crippen molar-refractivity contribution < 1.29 is 23.1 Å². The van der Waals surface area contributed by atoms with Crippen molar-refractivity contribution in [2.24, 2.45) is 0 Å². The van der Waals surface area contributed by atoms with Gasteiger partial charge < -0.3 is 14.4 Å². The van der Waals surface area contributed by atoms with E-state index in [1.54, 1.807) is 19.1 Å². The number of fused-ring (bicyclic) bond motifs is 1. The van der Waals surface area contributed by atoms with Crippen LogP contribution in [0.1, 0.15) is 54.5 Å². The summed E-state index contributed by atoms with van der Waals surface area (Å²) in [6.45, 7) is 6.27. The SMILES string of the molecule is CC#C[C@@H](CC(=O)O)c1ccc(OCc2ccc3ccn(C(C)c4ccc(S(C)(=O)=O)cc4)c3c2C)cc1. The highest BCUT2D eigenvalue weighted by atomic mass is 32.2. The maximum atomic E-state index is 11.8. The highest BCUT2D eigenvalue weighted by Gasteiger charge is 2.16. The Morgan fingerprint density at radius 1 is 1.00 bits per heavy atom. The van der Waals surface area contributed by atoms with Gasteiger partial charge in [-0.2, -0.15) is 0 Å². The summed E-state index contributed by atoms with van der Waals surface area (Å²) in [5.41, 5.74) is 5.15. The lowest BCUT2D eigenvalue weighted by molar-refractivity contribution is -0.137. The van der Waals surface area contributed by atoms with Gasteiger partial charge in [0.15, 0.2) is 9.84 Å². The molecule has 0 saturated heterocycles. The van der Waals surface area contributed by atoms with Gasteiger partial charge in [-0.05, 0) is 78.7 Å². The zero-order valence-electron chi connectivity index (χ0n) is 21.9. The molecule has 0 amide bonds. The molecule has 0 aliphatic carbocycles. The number of hydrogen-bond donors (Lipinski definition) is 1. The van der Waals surface area contributed by atoms with Gasteiger partial charge in [0.05, 0.1) is 28.8 Å². The van der Waals surface area contributed by atoms with Crippen LogP contribution in [-0.2, 0) is 21.2 Å². The first kappa shape index (κ1) is 27.0. The number of aromatic nitrogens is 1. The van der Waals surface area contributed by atoms with Crippen LogP contribution in [0.25, 0.3) is 10.9 Å². The lowest BCUT2D eigenvalue weighted by Crippen LogP contribution is -2.08. The largest absolute Gasteiger partial charge is 0.489 e. The third kappa shape index (κ3) is 5.92. The fourth-order valence-corrected chi connectivity index (χ4v) is 5.30. The maximum absolute atomic E-state index is 11.8. The van der Waals surface area contributed by atoms with E-state index in [0.717, 1.165) is 33.2 Å². The molecule has 196 valence electrons. The Labute approximate surface area is 223 Å². The highest BCUT2D eigenvalue weighted by Crippen LogP contribution is 2.30. The Kier molecular flexibility index (Phi) is 7.94. The van der Waals surface area contributed by atoms with Gasteiger partial charge in [-0.15, -0.1) is 5.92 Å². The van der Waals surface area contributed by atoms with E-state index in [-0.39, 0.29) is 18.4 Å². The number of carboxylic acid groups (broad SMARTS) is 1.